The Morgan fingerprint density at radius 2 is 1.85 bits per heavy atom. The van der Waals surface area contributed by atoms with Crippen molar-refractivity contribution >= 4 is 15.9 Å². The SMILES string of the molecule is CCN1CCN(CCCNC(=O)c2ccc(OC)c(S(=O)(=O)NC)c2)CC1. The van der Waals surface area contributed by atoms with Crippen LogP contribution < -0.4 is 14.8 Å². The summed E-state index contributed by atoms with van der Waals surface area (Å²) in [5.41, 5.74) is 0.293. The first kappa shape index (κ1) is 21.6. The third-order valence-electron chi connectivity index (χ3n) is 4.83. The summed E-state index contributed by atoms with van der Waals surface area (Å²) in [4.78, 5) is 17.1. The average Bonchev–Trinajstić information content (AvgIpc) is 2.70. The Bertz CT molecular complexity index is 731. The second-order valence-electron chi connectivity index (χ2n) is 6.46. The molecule has 0 aromatic heterocycles. The van der Waals surface area contributed by atoms with Crippen LogP contribution in [-0.2, 0) is 10.0 Å². The number of rotatable bonds is 9. The van der Waals surface area contributed by atoms with Crippen LogP contribution in [0, 0.1) is 0 Å². The number of methoxy groups -OCH3 is 1. The molecule has 1 amide bonds. The highest BCUT2D eigenvalue weighted by atomic mass is 32.2. The second kappa shape index (κ2) is 10.0. The Morgan fingerprint density at radius 1 is 1.19 bits per heavy atom. The predicted octanol–water partition coefficient (Wildman–Crippen LogP) is 0.361. The molecule has 0 aliphatic carbocycles. The van der Waals surface area contributed by atoms with E-state index in [2.05, 4.69) is 26.8 Å². The molecule has 1 aromatic rings. The summed E-state index contributed by atoms with van der Waals surface area (Å²) in [7, 11) is -0.995. The maximum atomic E-state index is 12.4. The zero-order valence-corrected chi connectivity index (χ0v) is 17.1. The van der Waals surface area contributed by atoms with Crippen LogP contribution in [0.1, 0.15) is 23.7 Å². The van der Waals surface area contributed by atoms with Crippen LogP contribution in [-0.4, -0.2) is 84.1 Å². The minimum atomic E-state index is -3.71. The maximum absolute atomic E-state index is 12.4. The first-order chi connectivity index (χ1) is 12.9. The van der Waals surface area contributed by atoms with Gasteiger partial charge in [-0.3, -0.25) is 4.79 Å². The number of ether oxygens (including phenoxy) is 1. The van der Waals surface area contributed by atoms with E-state index in [1.807, 2.05) is 0 Å². The topological polar surface area (TPSA) is 91.0 Å². The molecular formula is C18H30N4O4S. The number of hydrogen-bond donors (Lipinski definition) is 2. The highest BCUT2D eigenvalue weighted by molar-refractivity contribution is 7.89. The highest BCUT2D eigenvalue weighted by Crippen LogP contribution is 2.24. The van der Waals surface area contributed by atoms with Crippen LogP contribution in [0.5, 0.6) is 5.75 Å². The number of carbonyl (C=O) groups excluding carboxylic acids is 1. The average molecular weight is 399 g/mol. The summed E-state index contributed by atoms with van der Waals surface area (Å²) in [5, 5.41) is 2.86. The highest BCUT2D eigenvalue weighted by Gasteiger charge is 2.20. The molecule has 0 spiro atoms. The van der Waals surface area contributed by atoms with Crippen molar-refractivity contribution in [2.24, 2.45) is 0 Å². The number of nitrogens with one attached hydrogen (secondary N) is 2. The smallest absolute Gasteiger partial charge is 0.251 e. The molecule has 2 N–H and O–H groups in total. The number of amides is 1. The molecule has 2 rings (SSSR count). The van der Waals surface area contributed by atoms with Crippen molar-refractivity contribution < 1.29 is 17.9 Å². The van der Waals surface area contributed by atoms with Gasteiger partial charge < -0.3 is 19.9 Å². The molecule has 27 heavy (non-hydrogen) atoms. The first-order valence-electron chi connectivity index (χ1n) is 9.25. The van der Waals surface area contributed by atoms with E-state index in [0.717, 1.165) is 45.7 Å². The third-order valence-corrected chi connectivity index (χ3v) is 6.27. The Hall–Kier alpha value is -1.68. The van der Waals surface area contributed by atoms with Gasteiger partial charge in [-0.1, -0.05) is 6.92 Å². The van der Waals surface area contributed by atoms with E-state index in [0.29, 0.717) is 12.1 Å². The zero-order chi connectivity index (χ0) is 19.9. The largest absolute Gasteiger partial charge is 0.495 e. The van der Waals surface area contributed by atoms with Crippen LogP contribution in [0.25, 0.3) is 0 Å². The summed E-state index contributed by atoms with van der Waals surface area (Å²) in [6.07, 6.45) is 0.857. The monoisotopic (exact) mass is 398 g/mol. The van der Waals surface area contributed by atoms with Crippen LogP contribution in [0.15, 0.2) is 23.1 Å². The van der Waals surface area contributed by atoms with E-state index in [9.17, 15) is 13.2 Å². The van der Waals surface area contributed by atoms with Gasteiger partial charge in [0.1, 0.15) is 10.6 Å². The number of sulfonamides is 1. The molecule has 1 aliphatic heterocycles. The molecule has 1 aromatic carbocycles. The lowest BCUT2D eigenvalue weighted by Gasteiger charge is -2.33. The van der Waals surface area contributed by atoms with Crippen LogP contribution in [0.2, 0.25) is 0 Å². The normalized spacial score (nSPS) is 16.3. The molecule has 1 aliphatic rings. The second-order valence-corrected chi connectivity index (χ2v) is 8.31. The molecule has 0 unspecified atom stereocenters. The van der Waals surface area contributed by atoms with Crippen molar-refractivity contribution in [1.29, 1.82) is 0 Å². The van der Waals surface area contributed by atoms with Crippen LogP contribution >= 0.6 is 0 Å². The molecule has 0 bridgehead atoms. The number of benzene rings is 1. The Morgan fingerprint density at radius 3 is 2.44 bits per heavy atom. The van der Waals surface area contributed by atoms with E-state index in [-0.39, 0.29) is 16.6 Å². The van der Waals surface area contributed by atoms with Gasteiger partial charge in [0, 0.05) is 38.3 Å². The van der Waals surface area contributed by atoms with Crippen LogP contribution in [0.4, 0.5) is 0 Å². The van der Waals surface area contributed by atoms with E-state index in [1.165, 1.54) is 26.3 Å². The number of nitrogens with zero attached hydrogens (tertiary/aromatic N) is 2. The molecule has 1 heterocycles. The molecule has 152 valence electrons. The van der Waals surface area contributed by atoms with Crippen molar-refractivity contribution in [2.45, 2.75) is 18.2 Å². The number of likely N-dealkylation sites (N-methyl/N-ethyl adjacent to an activating group) is 1. The third kappa shape index (κ3) is 5.90. The zero-order valence-electron chi connectivity index (χ0n) is 16.3. The van der Waals surface area contributed by atoms with Gasteiger partial charge in [-0.15, -0.1) is 0 Å². The van der Waals surface area contributed by atoms with E-state index in [1.54, 1.807) is 6.07 Å². The molecule has 0 saturated carbocycles. The lowest BCUT2D eigenvalue weighted by molar-refractivity contribution is 0.0948. The molecular weight excluding hydrogens is 368 g/mol. The summed E-state index contributed by atoms with van der Waals surface area (Å²) in [5.74, 6) is -0.0897. The standard InChI is InChI=1S/C18H30N4O4S/c1-4-21-10-12-22(13-11-21)9-5-8-20-18(23)15-6-7-16(26-3)17(14-15)27(24,25)19-2/h6-7,14,19H,4-5,8-13H2,1-3H3,(H,20,23). The quantitative estimate of drug-likeness (QED) is 0.584. The first-order valence-corrected chi connectivity index (χ1v) is 10.7. The summed E-state index contributed by atoms with van der Waals surface area (Å²) < 4.78 is 31.5. The molecule has 9 heteroatoms. The van der Waals surface area contributed by atoms with Crippen molar-refractivity contribution in [3.63, 3.8) is 0 Å². The van der Waals surface area contributed by atoms with Gasteiger partial charge in [-0.05, 0) is 44.8 Å². The Labute approximate surface area is 161 Å². The van der Waals surface area contributed by atoms with Gasteiger partial charge in [0.25, 0.3) is 5.91 Å². The van der Waals surface area contributed by atoms with Crippen molar-refractivity contribution in [2.75, 3.05) is 60.0 Å². The van der Waals surface area contributed by atoms with E-state index in [4.69, 9.17) is 4.74 Å². The minimum Gasteiger partial charge on any atom is -0.495 e. The van der Waals surface area contributed by atoms with Crippen LogP contribution in [0.3, 0.4) is 0 Å². The fraction of sp³-hybridized carbons (Fsp3) is 0.611. The fourth-order valence-electron chi connectivity index (χ4n) is 3.07. The fourth-order valence-corrected chi connectivity index (χ4v) is 3.99. The van der Waals surface area contributed by atoms with Crippen molar-refractivity contribution in [3.05, 3.63) is 23.8 Å². The molecule has 1 saturated heterocycles. The molecule has 1 fully saturated rings. The van der Waals surface area contributed by atoms with E-state index >= 15 is 0 Å². The van der Waals surface area contributed by atoms with Gasteiger partial charge in [0.2, 0.25) is 10.0 Å². The lowest BCUT2D eigenvalue weighted by atomic mass is 10.2. The van der Waals surface area contributed by atoms with Crippen molar-refractivity contribution in [3.8, 4) is 5.75 Å². The van der Waals surface area contributed by atoms with Gasteiger partial charge >= 0.3 is 0 Å². The van der Waals surface area contributed by atoms with Crippen molar-refractivity contribution in [1.82, 2.24) is 19.8 Å². The molecule has 8 nitrogen and oxygen atoms in total. The minimum absolute atomic E-state index is 0.0473. The summed E-state index contributed by atoms with van der Waals surface area (Å²) >= 11 is 0. The molecule has 0 radical (unpaired) electrons. The van der Waals surface area contributed by atoms with Gasteiger partial charge in [0.05, 0.1) is 7.11 Å². The van der Waals surface area contributed by atoms with Gasteiger partial charge in [-0.25, -0.2) is 13.1 Å². The Kier molecular flexibility index (Phi) is 8.03. The summed E-state index contributed by atoms with van der Waals surface area (Å²) in [6.45, 7) is 9.08. The Balaban J connectivity index is 1.86. The summed E-state index contributed by atoms with van der Waals surface area (Å²) in [6, 6.07) is 4.39. The maximum Gasteiger partial charge on any atom is 0.251 e. The predicted molar refractivity (Wildman–Crippen MR) is 105 cm³/mol. The number of piperazine rings is 1. The van der Waals surface area contributed by atoms with E-state index < -0.39 is 10.0 Å². The van der Waals surface area contributed by atoms with Gasteiger partial charge in [-0.2, -0.15) is 0 Å². The van der Waals surface area contributed by atoms with Gasteiger partial charge in [0.15, 0.2) is 0 Å². The lowest BCUT2D eigenvalue weighted by Crippen LogP contribution is -2.46. The molecule has 0 atom stereocenters. The number of hydrogen-bond acceptors (Lipinski definition) is 6. The number of carbonyl (C=O) groups is 1.